The van der Waals surface area contributed by atoms with Gasteiger partial charge in [-0.2, -0.15) is 0 Å². The third-order valence-corrected chi connectivity index (χ3v) is 3.96. The number of aromatic nitrogens is 2. The molecule has 0 amide bonds. The number of allylic oxidation sites excluding steroid dienone is 2. The number of methoxy groups -OCH3 is 1. The summed E-state index contributed by atoms with van der Waals surface area (Å²) in [7, 11) is 1.49. The van der Waals surface area contributed by atoms with Crippen LogP contribution in [0, 0.1) is 4.77 Å². The third-order valence-electron chi connectivity index (χ3n) is 2.57. The average Bonchev–Trinajstić information content (AvgIpc) is 2.78. The molecule has 92 valence electrons. The second-order valence-electron chi connectivity index (χ2n) is 3.73. The smallest absolute Gasteiger partial charge is 0.294 e. The predicted molar refractivity (Wildman–Crippen MR) is 72.3 cm³/mol. The van der Waals surface area contributed by atoms with Crippen molar-refractivity contribution in [3.63, 3.8) is 0 Å². The fourth-order valence-corrected chi connectivity index (χ4v) is 3.00. The Morgan fingerprint density at radius 2 is 2.29 bits per heavy atom. The van der Waals surface area contributed by atoms with Gasteiger partial charge in [-0.1, -0.05) is 6.08 Å². The third kappa shape index (κ3) is 3.01. The number of hydrogen-bond acceptors (Lipinski definition) is 4. The normalized spacial score (nSPS) is 14.8. The second kappa shape index (κ2) is 5.55. The Balaban J connectivity index is 2.19. The maximum Gasteiger partial charge on any atom is 0.294 e. The van der Waals surface area contributed by atoms with E-state index in [1.165, 1.54) is 12.0 Å². The van der Waals surface area contributed by atoms with Gasteiger partial charge in [-0.3, -0.25) is 9.78 Å². The quantitative estimate of drug-likeness (QED) is 0.825. The van der Waals surface area contributed by atoms with Crippen LogP contribution >= 0.6 is 24.0 Å². The molecule has 0 atom stereocenters. The molecule has 2 heterocycles. The van der Waals surface area contributed by atoms with Crippen molar-refractivity contribution in [3.8, 4) is 5.75 Å². The molecule has 17 heavy (non-hydrogen) atoms. The summed E-state index contributed by atoms with van der Waals surface area (Å²) in [6.45, 7) is 0. The highest BCUT2D eigenvalue weighted by Crippen LogP contribution is 2.29. The summed E-state index contributed by atoms with van der Waals surface area (Å²) >= 11 is 6.83. The van der Waals surface area contributed by atoms with Crippen LogP contribution in [0.2, 0.25) is 0 Å². The van der Waals surface area contributed by atoms with E-state index in [4.69, 9.17) is 17.0 Å². The van der Waals surface area contributed by atoms with Crippen LogP contribution in [0.1, 0.15) is 18.5 Å². The van der Waals surface area contributed by atoms with Crippen LogP contribution in [0.5, 0.6) is 5.75 Å². The number of hydrogen-bond donors (Lipinski definition) is 2. The molecule has 1 aliphatic heterocycles. The first kappa shape index (κ1) is 12.4. The first-order valence-corrected chi connectivity index (χ1v) is 6.81. The highest BCUT2D eigenvalue weighted by Gasteiger charge is 2.11. The molecule has 0 radical (unpaired) electrons. The molecular weight excluding hydrogens is 256 g/mol. The van der Waals surface area contributed by atoms with Crippen molar-refractivity contribution in [2.75, 3.05) is 12.9 Å². The Morgan fingerprint density at radius 1 is 1.47 bits per heavy atom. The van der Waals surface area contributed by atoms with Crippen molar-refractivity contribution < 1.29 is 4.74 Å². The molecule has 1 aromatic heterocycles. The van der Waals surface area contributed by atoms with Gasteiger partial charge in [0.05, 0.1) is 12.8 Å². The zero-order chi connectivity index (χ0) is 12.3. The Hall–Kier alpha value is -1.01. The van der Waals surface area contributed by atoms with Crippen LogP contribution in [0.25, 0.3) is 0 Å². The van der Waals surface area contributed by atoms with Gasteiger partial charge in [-0.25, -0.2) is 0 Å². The zero-order valence-corrected chi connectivity index (χ0v) is 11.2. The maximum atomic E-state index is 11.6. The highest BCUT2D eigenvalue weighted by atomic mass is 32.2. The molecule has 4 nitrogen and oxygen atoms in total. The second-order valence-corrected chi connectivity index (χ2v) is 5.36. The van der Waals surface area contributed by atoms with Crippen molar-refractivity contribution in [1.29, 1.82) is 0 Å². The standard InChI is InChI=1S/C11H14N2O2S2/c1-15-9-8(12-11(16)13-10(9)14)5-4-7-3-2-6-17-7/h3H,2,4-6H2,1H3,(H2,12,13,14,16). The van der Waals surface area contributed by atoms with Gasteiger partial charge in [-0.15, -0.1) is 11.8 Å². The Morgan fingerprint density at radius 3 is 2.94 bits per heavy atom. The number of rotatable bonds is 4. The average molecular weight is 270 g/mol. The molecule has 0 aliphatic carbocycles. The van der Waals surface area contributed by atoms with Gasteiger partial charge in [0.25, 0.3) is 5.56 Å². The molecule has 0 saturated heterocycles. The van der Waals surface area contributed by atoms with Gasteiger partial charge in [0, 0.05) is 5.75 Å². The molecule has 6 heteroatoms. The molecular formula is C11H14N2O2S2. The minimum atomic E-state index is -0.265. The SMILES string of the molecule is COc1c(CCC2=CCCS2)[nH]c(=S)[nH]c1=O. The van der Waals surface area contributed by atoms with E-state index < -0.39 is 0 Å². The number of nitrogens with one attached hydrogen (secondary N) is 2. The fraction of sp³-hybridized carbons (Fsp3) is 0.455. The topological polar surface area (TPSA) is 57.9 Å². The number of aryl methyl sites for hydroxylation is 1. The van der Waals surface area contributed by atoms with Crippen LogP contribution in [0.15, 0.2) is 15.8 Å². The van der Waals surface area contributed by atoms with E-state index in [-0.39, 0.29) is 5.56 Å². The van der Waals surface area contributed by atoms with Crippen molar-refractivity contribution >= 4 is 24.0 Å². The van der Waals surface area contributed by atoms with Crippen molar-refractivity contribution in [1.82, 2.24) is 9.97 Å². The molecule has 0 spiro atoms. The summed E-state index contributed by atoms with van der Waals surface area (Å²) in [5.74, 6) is 1.50. The molecule has 2 N–H and O–H groups in total. The van der Waals surface area contributed by atoms with E-state index in [1.807, 2.05) is 11.8 Å². The van der Waals surface area contributed by atoms with Crippen molar-refractivity contribution in [2.24, 2.45) is 0 Å². The van der Waals surface area contributed by atoms with E-state index in [1.54, 1.807) is 0 Å². The van der Waals surface area contributed by atoms with Crippen molar-refractivity contribution in [3.05, 3.63) is 31.8 Å². The summed E-state index contributed by atoms with van der Waals surface area (Å²) in [5.41, 5.74) is 0.508. The molecule has 1 aliphatic rings. The number of ether oxygens (including phenoxy) is 1. The minimum Gasteiger partial charge on any atom is -0.490 e. The lowest BCUT2D eigenvalue weighted by Crippen LogP contribution is -2.14. The maximum absolute atomic E-state index is 11.6. The van der Waals surface area contributed by atoms with Crippen LogP contribution < -0.4 is 10.3 Å². The summed E-state index contributed by atoms with van der Waals surface area (Å²) in [6, 6.07) is 0. The van der Waals surface area contributed by atoms with E-state index in [0.29, 0.717) is 10.5 Å². The van der Waals surface area contributed by atoms with E-state index in [2.05, 4.69) is 16.0 Å². The van der Waals surface area contributed by atoms with Crippen LogP contribution in [0.3, 0.4) is 0 Å². The summed E-state index contributed by atoms with van der Waals surface area (Å²) in [5, 5.41) is 0. The molecule has 0 bridgehead atoms. The van der Waals surface area contributed by atoms with E-state index >= 15 is 0 Å². The zero-order valence-electron chi connectivity index (χ0n) is 9.54. The molecule has 0 unspecified atom stereocenters. The lowest BCUT2D eigenvalue weighted by atomic mass is 10.2. The molecule has 0 aromatic carbocycles. The summed E-state index contributed by atoms with van der Waals surface area (Å²) in [6.07, 6.45) is 5.06. The van der Waals surface area contributed by atoms with Gasteiger partial charge < -0.3 is 9.72 Å². The molecule has 0 saturated carbocycles. The first-order valence-electron chi connectivity index (χ1n) is 5.42. The van der Waals surface area contributed by atoms with Crippen LogP contribution in [0.4, 0.5) is 0 Å². The summed E-state index contributed by atoms with van der Waals surface area (Å²) < 4.78 is 5.44. The first-order chi connectivity index (χ1) is 8.20. The molecule has 1 aromatic rings. The Bertz CT molecular complexity index is 545. The van der Waals surface area contributed by atoms with Gasteiger partial charge in [0.2, 0.25) is 5.75 Å². The predicted octanol–water partition coefficient (Wildman–Crippen LogP) is 2.39. The monoisotopic (exact) mass is 270 g/mol. The van der Waals surface area contributed by atoms with Gasteiger partial charge in [0.1, 0.15) is 0 Å². The lowest BCUT2D eigenvalue weighted by Gasteiger charge is -2.07. The number of H-pyrrole nitrogens is 2. The largest absolute Gasteiger partial charge is 0.490 e. The number of aromatic amines is 2. The van der Waals surface area contributed by atoms with Gasteiger partial charge in [0.15, 0.2) is 4.77 Å². The fourth-order valence-electron chi connectivity index (χ4n) is 1.81. The van der Waals surface area contributed by atoms with E-state index in [9.17, 15) is 4.79 Å². The summed E-state index contributed by atoms with van der Waals surface area (Å²) in [4.78, 5) is 18.5. The van der Waals surface area contributed by atoms with Gasteiger partial charge in [-0.05, 0) is 36.4 Å². The Kier molecular flexibility index (Phi) is 4.06. The van der Waals surface area contributed by atoms with Gasteiger partial charge >= 0.3 is 0 Å². The van der Waals surface area contributed by atoms with Crippen LogP contribution in [-0.4, -0.2) is 22.8 Å². The lowest BCUT2D eigenvalue weighted by molar-refractivity contribution is 0.399. The van der Waals surface area contributed by atoms with Crippen molar-refractivity contribution in [2.45, 2.75) is 19.3 Å². The molecule has 2 rings (SSSR count). The highest BCUT2D eigenvalue weighted by molar-refractivity contribution is 8.03. The van der Waals surface area contributed by atoms with Crippen LogP contribution in [-0.2, 0) is 6.42 Å². The minimum absolute atomic E-state index is 0.265. The number of thioether (sulfide) groups is 1. The van der Waals surface area contributed by atoms with E-state index in [0.717, 1.165) is 30.7 Å². The molecule has 0 fully saturated rings. The Labute approximate surface area is 108 Å².